The first-order valence-electron chi connectivity index (χ1n) is 10.5. The third kappa shape index (κ3) is 5.00. The predicted octanol–water partition coefficient (Wildman–Crippen LogP) is 3.48. The average molecular weight is 484 g/mol. The molecule has 0 unspecified atom stereocenters. The number of benzene rings is 2. The molecular weight excluding hydrogens is 458 g/mol. The first kappa shape index (κ1) is 23.2. The lowest BCUT2D eigenvalue weighted by Crippen LogP contribution is -2.50. The molecule has 4 rings (SSSR count). The molecule has 33 heavy (non-hydrogen) atoms. The Bertz CT molecular complexity index is 1270. The molecule has 0 radical (unpaired) electrons. The SMILES string of the molecule is CC(=O)N(C)Cc1cccc(NC(=O)[C@@H]2Cc3ccccc3CN2S(=O)(=O)c2cccs2)c1. The number of thiophene rings is 1. The van der Waals surface area contributed by atoms with Crippen LogP contribution in [0.1, 0.15) is 23.6 Å². The van der Waals surface area contributed by atoms with Gasteiger partial charge in [-0.05, 0) is 46.7 Å². The number of sulfonamides is 1. The maximum Gasteiger partial charge on any atom is 0.253 e. The maximum atomic E-state index is 13.4. The van der Waals surface area contributed by atoms with Gasteiger partial charge < -0.3 is 10.2 Å². The summed E-state index contributed by atoms with van der Waals surface area (Å²) in [6.45, 7) is 2.04. The second-order valence-corrected chi connectivity index (χ2v) is 11.1. The predicted molar refractivity (Wildman–Crippen MR) is 128 cm³/mol. The van der Waals surface area contributed by atoms with Gasteiger partial charge in [0, 0.05) is 32.7 Å². The quantitative estimate of drug-likeness (QED) is 0.582. The van der Waals surface area contributed by atoms with E-state index in [0.29, 0.717) is 18.7 Å². The molecule has 7 nitrogen and oxygen atoms in total. The first-order valence-corrected chi connectivity index (χ1v) is 12.8. The van der Waals surface area contributed by atoms with Gasteiger partial charge in [-0.25, -0.2) is 8.42 Å². The summed E-state index contributed by atoms with van der Waals surface area (Å²) >= 11 is 1.14. The van der Waals surface area contributed by atoms with Gasteiger partial charge in [-0.3, -0.25) is 9.59 Å². The van der Waals surface area contributed by atoms with Crippen LogP contribution >= 0.6 is 11.3 Å². The minimum Gasteiger partial charge on any atom is -0.342 e. The van der Waals surface area contributed by atoms with Crippen molar-refractivity contribution in [1.82, 2.24) is 9.21 Å². The highest BCUT2D eigenvalue weighted by Gasteiger charge is 2.40. The number of anilines is 1. The lowest BCUT2D eigenvalue weighted by Gasteiger charge is -2.34. The molecule has 172 valence electrons. The molecule has 0 saturated heterocycles. The fourth-order valence-electron chi connectivity index (χ4n) is 3.86. The second kappa shape index (κ2) is 9.46. The highest BCUT2D eigenvalue weighted by atomic mass is 32.2. The van der Waals surface area contributed by atoms with Gasteiger partial charge in [0.25, 0.3) is 10.0 Å². The van der Waals surface area contributed by atoms with Crippen LogP contribution in [0.15, 0.2) is 70.3 Å². The lowest BCUT2D eigenvalue weighted by molar-refractivity contribution is -0.128. The van der Waals surface area contributed by atoms with Gasteiger partial charge in [0.1, 0.15) is 10.3 Å². The van der Waals surface area contributed by atoms with Gasteiger partial charge in [-0.1, -0.05) is 42.5 Å². The van der Waals surface area contributed by atoms with Crippen molar-refractivity contribution in [2.45, 2.75) is 36.7 Å². The van der Waals surface area contributed by atoms with E-state index < -0.39 is 16.1 Å². The third-order valence-electron chi connectivity index (χ3n) is 5.72. The van der Waals surface area contributed by atoms with E-state index in [9.17, 15) is 18.0 Å². The van der Waals surface area contributed by atoms with Gasteiger partial charge >= 0.3 is 0 Å². The van der Waals surface area contributed by atoms with Crippen molar-refractivity contribution in [3.05, 3.63) is 82.7 Å². The summed E-state index contributed by atoms with van der Waals surface area (Å²) in [6.07, 6.45) is 0.291. The van der Waals surface area contributed by atoms with Crippen LogP contribution in [0.3, 0.4) is 0 Å². The van der Waals surface area contributed by atoms with Crippen molar-refractivity contribution < 1.29 is 18.0 Å². The molecule has 1 aliphatic rings. The summed E-state index contributed by atoms with van der Waals surface area (Å²) < 4.78 is 28.3. The molecule has 0 spiro atoms. The summed E-state index contributed by atoms with van der Waals surface area (Å²) in [6, 6.07) is 17.2. The molecule has 0 aliphatic carbocycles. The van der Waals surface area contributed by atoms with Gasteiger partial charge in [0.05, 0.1) is 0 Å². The molecule has 1 N–H and O–H groups in total. The number of hydrogen-bond acceptors (Lipinski definition) is 5. The number of nitrogens with zero attached hydrogens (tertiary/aromatic N) is 2. The van der Waals surface area contributed by atoms with Crippen LogP contribution in [0.2, 0.25) is 0 Å². The molecule has 1 aliphatic heterocycles. The Hall–Kier alpha value is -3.01. The standard InChI is InChI=1S/C24H25N3O4S2/c1-17(28)26(2)15-18-7-5-10-21(13-18)25-24(29)22-14-19-8-3-4-9-20(19)16-27(22)33(30,31)23-11-6-12-32-23/h3-13,22H,14-16H2,1-2H3,(H,25,29)/t22-/m0/s1. The van der Waals surface area contributed by atoms with E-state index in [-0.39, 0.29) is 22.6 Å². The van der Waals surface area contributed by atoms with E-state index in [1.807, 2.05) is 30.3 Å². The molecule has 1 atom stereocenters. The van der Waals surface area contributed by atoms with E-state index >= 15 is 0 Å². The summed E-state index contributed by atoms with van der Waals surface area (Å²) in [5.41, 5.74) is 3.28. The zero-order valence-corrected chi connectivity index (χ0v) is 20.0. The smallest absolute Gasteiger partial charge is 0.253 e. The molecular formula is C24H25N3O4S2. The Morgan fingerprint density at radius 3 is 2.55 bits per heavy atom. The summed E-state index contributed by atoms with van der Waals surface area (Å²) in [7, 11) is -2.13. The van der Waals surface area contributed by atoms with Crippen LogP contribution in [0.5, 0.6) is 0 Å². The Morgan fingerprint density at radius 1 is 1.09 bits per heavy atom. The van der Waals surface area contributed by atoms with Crippen LogP contribution in [0.4, 0.5) is 5.69 Å². The molecule has 2 amide bonds. The van der Waals surface area contributed by atoms with Crippen molar-refractivity contribution in [2.75, 3.05) is 12.4 Å². The largest absolute Gasteiger partial charge is 0.342 e. The monoisotopic (exact) mass is 483 g/mol. The lowest BCUT2D eigenvalue weighted by atomic mass is 9.95. The molecule has 2 heterocycles. The zero-order chi connectivity index (χ0) is 23.6. The van der Waals surface area contributed by atoms with Crippen LogP contribution in [0, 0.1) is 0 Å². The number of carbonyl (C=O) groups excluding carboxylic acids is 2. The van der Waals surface area contributed by atoms with Crippen molar-refractivity contribution in [1.29, 1.82) is 0 Å². The Morgan fingerprint density at radius 2 is 1.85 bits per heavy atom. The first-order chi connectivity index (χ1) is 15.8. The van der Waals surface area contributed by atoms with Gasteiger partial charge in [-0.2, -0.15) is 4.31 Å². The van der Waals surface area contributed by atoms with E-state index in [4.69, 9.17) is 0 Å². The number of fused-ring (bicyclic) bond motifs is 1. The molecule has 1 aromatic heterocycles. The van der Waals surface area contributed by atoms with Gasteiger partial charge in [-0.15, -0.1) is 11.3 Å². The summed E-state index contributed by atoms with van der Waals surface area (Å²) in [5, 5.41) is 4.60. The number of hydrogen-bond donors (Lipinski definition) is 1. The van der Waals surface area contributed by atoms with Crippen LogP contribution in [-0.4, -0.2) is 42.5 Å². The topological polar surface area (TPSA) is 86.8 Å². The van der Waals surface area contributed by atoms with Crippen LogP contribution in [-0.2, 0) is 39.1 Å². The maximum absolute atomic E-state index is 13.4. The van der Waals surface area contributed by atoms with Crippen LogP contribution < -0.4 is 5.32 Å². The fraction of sp³-hybridized carbons (Fsp3) is 0.250. The van der Waals surface area contributed by atoms with Crippen molar-refractivity contribution in [3.63, 3.8) is 0 Å². The van der Waals surface area contributed by atoms with E-state index in [1.54, 1.807) is 47.7 Å². The number of nitrogens with one attached hydrogen (secondary N) is 1. The van der Waals surface area contributed by atoms with Crippen LogP contribution in [0.25, 0.3) is 0 Å². The number of amides is 2. The minimum atomic E-state index is -3.83. The molecule has 0 saturated carbocycles. The molecule has 0 fully saturated rings. The van der Waals surface area contributed by atoms with Gasteiger partial charge in [0.2, 0.25) is 11.8 Å². The highest BCUT2D eigenvalue weighted by molar-refractivity contribution is 7.91. The molecule has 0 bridgehead atoms. The molecule has 2 aromatic carbocycles. The van der Waals surface area contributed by atoms with Crippen molar-refractivity contribution in [3.8, 4) is 0 Å². The summed E-state index contributed by atoms with van der Waals surface area (Å²) in [5.74, 6) is -0.443. The van der Waals surface area contributed by atoms with E-state index in [1.165, 1.54) is 11.2 Å². The number of carbonyl (C=O) groups is 2. The van der Waals surface area contributed by atoms with E-state index in [0.717, 1.165) is 28.0 Å². The normalized spacial score (nSPS) is 16.1. The van der Waals surface area contributed by atoms with Crippen molar-refractivity contribution >= 4 is 38.9 Å². The van der Waals surface area contributed by atoms with Gasteiger partial charge in [0.15, 0.2) is 0 Å². The summed E-state index contributed by atoms with van der Waals surface area (Å²) in [4.78, 5) is 26.5. The molecule has 9 heteroatoms. The Kier molecular flexibility index (Phi) is 6.64. The zero-order valence-electron chi connectivity index (χ0n) is 18.4. The van der Waals surface area contributed by atoms with E-state index in [2.05, 4.69) is 5.32 Å². The van der Waals surface area contributed by atoms with Crippen molar-refractivity contribution in [2.24, 2.45) is 0 Å². The minimum absolute atomic E-state index is 0.0558. The number of rotatable bonds is 6. The third-order valence-corrected chi connectivity index (χ3v) is 8.95. The average Bonchev–Trinajstić information content (AvgIpc) is 3.34. The Balaban J connectivity index is 1.61. The Labute approximate surface area is 197 Å². The molecule has 3 aromatic rings. The second-order valence-electron chi connectivity index (χ2n) is 8.04. The highest BCUT2D eigenvalue weighted by Crippen LogP contribution is 2.31. The fourth-order valence-corrected chi connectivity index (χ4v) is 6.54.